The van der Waals surface area contributed by atoms with Crippen molar-refractivity contribution >= 4 is 5.97 Å². The van der Waals surface area contributed by atoms with Crippen LogP contribution in [0, 0.1) is 5.82 Å². The molecule has 19 heavy (non-hydrogen) atoms. The topological polar surface area (TPSA) is 95.9 Å². The summed E-state index contributed by atoms with van der Waals surface area (Å²) in [4.78, 5) is 24.5. The monoisotopic (exact) mass is 263 g/mol. The Labute approximate surface area is 106 Å². The molecule has 0 aliphatic heterocycles. The second-order valence-corrected chi connectivity index (χ2v) is 3.82. The minimum absolute atomic E-state index is 0.0159. The average Bonchev–Trinajstić information content (AvgIpc) is 2.37. The van der Waals surface area contributed by atoms with Crippen molar-refractivity contribution in [3.63, 3.8) is 0 Å². The van der Waals surface area contributed by atoms with E-state index in [4.69, 9.17) is 5.11 Å². The Morgan fingerprint density at radius 2 is 2.05 bits per heavy atom. The fraction of sp³-hybridized carbons (Fsp3) is 0.167. The lowest BCUT2D eigenvalue weighted by atomic mass is 10.2. The number of carboxylic acids is 1. The quantitative estimate of drug-likeness (QED) is 0.857. The molecule has 1 heterocycles. The first-order chi connectivity index (χ1) is 9.08. The molecule has 0 spiro atoms. The summed E-state index contributed by atoms with van der Waals surface area (Å²) >= 11 is 0. The van der Waals surface area contributed by atoms with E-state index in [0.717, 1.165) is 0 Å². The number of carboxylic acid groups (broad SMARTS) is 1. The van der Waals surface area contributed by atoms with Crippen molar-refractivity contribution in [2.45, 2.75) is 12.8 Å². The SMILES string of the molecule is O=C(O)CCc1nnc(-c2ccccc2F)[nH]c1=O. The van der Waals surface area contributed by atoms with E-state index in [-0.39, 0.29) is 29.9 Å². The van der Waals surface area contributed by atoms with Crippen LogP contribution in [0.5, 0.6) is 0 Å². The van der Waals surface area contributed by atoms with Crippen LogP contribution in [0.2, 0.25) is 0 Å². The zero-order valence-electron chi connectivity index (χ0n) is 9.76. The summed E-state index contributed by atoms with van der Waals surface area (Å²) in [5, 5.41) is 15.9. The van der Waals surface area contributed by atoms with Gasteiger partial charge in [0.2, 0.25) is 0 Å². The molecule has 7 heteroatoms. The summed E-state index contributed by atoms with van der Waals surface area (Å²) in [5.41, 5.74) is -0.408. The normalized spacial score (nSPS) is 10.4. The van der Waals surface area contributed by atoms with Gasteiger partial charge in [-0.15, -0.1) is 10.2 Å². The zero-order chi connectivity index (χ0) is 13.8. The molecule has 0 fully saturated rings. The van der Waals surface area contributed by atoms with Gasteiger partial charge in [0, 0.05) is 6.42 Å². The van der Waals surface area contributed by atoms with Crippen molar-refractivity contribution in [3.8, 4) is 11.4 Å². The number of hydrogen-bond donors (Lipinski definition) is 2. The minimum atomic E-state index is -1.03. The standard InChI is InChI=1S/C12H10FN3O3/c13-8-4-2-1-3-7(8)11-14-12(19)9(15-16-11)5-6-10(17)18/h1-4H,5-6H2,(H,17,18)(H,14,16,19). The Morgan fingerprint density at radius 3 is 2.68 bits per heavy atom. The van der Waals surface area contributed by atoms with Gasteiger partial charge in [-0.25, -0.2) is 4.39 Å². The van der Waals surface area contributed by atoms with Gasteiger partial charge in [-0.2, -0.15) is 0 Å². The third-order valence-corrected chi connectivity index (χ3v) is 2.47. The molecule has 0 saturated carbocycles. The first kappa shape index (κ1) is 12.9. The van der Waals surface area contributed by atoms with Crippen LogP contribution >= 0.6 is 0 Å². The molecule has 2 aromatic rings. The summed E-state index contributed by atoms with van der Waals surface area (Å²) in [6.07, 6.45) is -0.230. The number of aryl methyl sites for hydroxylation is 1. The van der Waals surface area contributed by atoms with Crippen LogP contribution < -0.4 is 5.56 Å². The van der Waals surface area contributed by atoms with Gasteiger partial charge in [0.1, 0.15) is 11.5 Å². The third kappa shape index (κ3) is 3.01. The highest BCUT2D eigenvalue weighted by Gasteiger charge is 2.10. The van der Waals surface area contributed by atoms with Crippen LogP contribution in [-0.4, -0.2) is 26.3 Å². The van der Waals surface area contributed by atoms with Gasteiger partial charge in [-0.05, 0) is 12.1 Å². The lowest BCUT2D eigenvalue weighted by Gasteiger charge is -2.02. The summed E-state index contributed by atoms with van der Waals surface area (Å²) in [6.45, 7) is 0. The second-order valence-electron chi connectivity index (χ2n) is 3.82. The molecule has 0 saturated heterocycles. The lowest BCUT2D eigenvalue weighted by Crippen LogP contribution is -2.19. The molecule has 2 rings (SSSR count). The molecule has 1 aromatic heterocycles. The highest BCUT2D eigenvalue weighted by Crippen LogP contribution is 2.16. The average molecular weight is 263 g/mol. The first-order valence-electron chi connectivity index (χ1n) is 5.50. The molecule has 0 unspecified atom stereocenters. The zero-order valence-corrected chi connectivity index (χ0v) is 9.76. The number of aromatic nitrogens is 3. The Kier molecular flexibility index (Phi) is 3.65. The largest absolute Gasteiger partial charge is 0.481 e. The Hall–Kier alpha value is -2.57. The lowest BCUT2D eigenvalue weighted by molar-refractivity contribution is -0.136. The van der Waals surface area contributed by atoms with Crippen molar-refractivity contribution in [2.75, 3.05) is 0 Å². The van der Waals surface area contributed by atoms with Crippen molar-refractivity contribution in [1.82, 2.24) is 15.2 Å². The molecule has 98 valence electrons. The molecule has 0 amide bonds. The van der Waals surface area contributed by atoms with Crippen LogP contribution in [0.15, 0.2) is 29.1 Å². The number of hydrogen-bond acceptors (Lipinski definition) is 4. The summed E-state index contributed by atoms with van der Waals surface area (Å²) in [6, 6.07) is 5.84. The maximum atomic E-state index is 13.5. The molecule has 0 bridgehead atoms. The van der Waals surface area contributed by atoms with Crippen molar-refractivity contribution in [2.24, 2.45) is 0 Å². The highest BCUT2D eigenvalue weighted by molar-refractivity contribution is 5.66. The molecule has 0 radical (unpaired) electrons. The number of aromatic amines is 1. The van der Waals surface area contributed by atoms with E-state index in [1.54, 1.807) is 6.07 Å². The number of rotatable bonds is 4. The van der Waals surface area contributed by atoms with Crippen LogP contribution in [0.3, 0.4) is 0 Å². The fourth-order valence-electron chi connectivity index (χ4n) is 1.52. The van der Waals surface area contributed by atoms with Gasteiger partial charge < -0.3 is 10.1 Å². The molecule has 2 N–H and O–H groups in total. The first-order valence-corrected chi connectivity index (χ1v) is 5.50. The van der Waals surface area contributed by atoms with Crippen molar-refractivity contribution in [3.05, 3.63) is 46.1 Å². The molecule has 0 aliphatic carbocycles. The smallest absolute Gasteiger partial charge is 0.303 e. The Balaban J connectivity index is 2.32. The summed E-state index contributed by atoms with van der Waals surface area (Å²) < 4.78 is 13.5. The highest BCUT2D eigenvalue weighted by atomic mass is 19.1. The van der Waals surface area contributed by atoms with Gasteiger partial charge in [-0.1, -0.05) is 12.1 Å². The van der Waals surface area contributed by atoms with Crippen LogP contribution in [0.25, 0.3) is 11.4 Å². The van der Waals surface area contributed by atoms with Crippen molar-refractivity contribution in [1.29, 1.82) is 0 Å². The number of nitrogens with zero attached hydrogens (tertiary/aromatic N) is 2. The molecule has 1 aromatic carbocycles. The predicted octanol–water partition coefficient (Wildman–Crippen LogP) is 0.988. The van der Waals surface area contributed by atoms with Gasteiger partial charge in [0.25, 0.3) is 5.56 Å². The number of H-pyrrole nitrogens is 1. The van der Waals surface area contributed by atoms with Crippen LogP contribution in [0.1, 0.15) is 12.1 Å². The van der Waals surface area contributed by atoms with E-state index in [9.17, 15) is 14.0 Å². The van der Waals surface area contributed by atoms with E-state index in [0.29, 0.717) is 0 Å². The van der Waals surface area contributed by atoms with Gasteiger partial charge in [-0.3, -0.25) is 9.59 Å². The second kappa shape index (κ2) is 5.38. The predicted molar refractivity (Wildman–Crippen MR) is 64.0 cm³/mol. The molecule has 6 nitrogen and oxygen atoms in total. The van der Waals surface area contributed by atoms with Gasteiger partial charge in [0.15, 0.2) is 5.82 Å². The number of benzene rings is 1. The fourth-order valence-corrected chi connectivity index (χ4v) is 1.52. The molecular weight excluding hydrogens is 253 g/mol. The number of halogens is 1. The maximum Gasteiger partial charge on any atom is 0.303 e. The van der Waals surface area contributed by atoms with E-state index in [2.05, 4.69) is 15.2 Å². The summed E-state index contributed by atoms with van der Waals surface area (Å²) in [7, 11) is 0. The number of carbonyl (C=O) groups is 1. The van der Waals surface area contributed by atoms with Gasteiger partial charge >= 0.3 is 5.97 Å². The number of aliphatic carboxylic acids is 1. The third-order valence-electron chi connectivity index (χ3n) is 2.47. The molecule has 0 atom stereocenters. The molecular formula is C12H10FN3O3. The Morgan fingerprint density at radius 1 is 1.32 bits per heavy atom. The van der Waals surface area contributed by atoms with Crippen molar-refractivity contribution < 1.29 is 14.3 Å². The summed E-state index contributed by atoms with van der Waals surface area (Å²) in [5.74, 6) is -1.53. The minimum Gasteiger partial charge on any atom is -0.481 e. The van der Waals surface area contributed by atoms with Crippen LogP contribution in [0.4, 0.5) is 4.39 Å². The maximum absolute atomic E-state index is 13.5. The van der Waals surface area contributed by atoms with Gasteiger partial charge in [0.05, 0.1) is 12.0 Å². The van der Waals surface area contributed by atoms with E-state index in [1.807, 2.05) is 0 Å². The number of nitrogens with one attached hydrogen (secondary N) is 1. The molecule has 0 aliphatic rings. The van der Waals surface area contributed by atoms with E-state index < -0.39 is 17.3 Å². The Bertz CT molecular complexity index is 669. The van der Waals surface area contributed by atoms with E-state index >= 15 is 0 Å². The van der Waals surface area contributed by atoms with E-state index in [1.165, 1.54) is 18.2 Å². The van der Waals surface area contributed by atoms with Crippen LogP contribution in [-0.2, 0) is 11.2 Å².